The fourth-order valence-electron chi connectivity index (χ4n) is 3.67. The van der Waals surface area contributed by atoms with Crippen molar-refractivity contribution in [2.24, 2.45) is 7.05 Å². The zero-order chi connectivity index (χ0) is 21.4. The van der Waals surface area contributed by atoms with Gasteiger partial charge in [-0.3, -0.25) is 9.48 Å². The van der Waals surface area contributed by atoms with Gasteiger partial charge in [-0.1, -0.05) is 35.4 Å². The number of aromatic nitrogens is 4. The zero-order valence-corrected chi connectivity index (χ0v) is 17.0. The average molecular weight is 394 g/mol. The van der Waals surface area contributed by atoms with Gasteiger partial charge < -0.3 is 0 Å². The maximum atomic E-state index is 12.0. The fourth-order valence-corrected chi connectivity index (χ4v) is 3.67. The molecule has 4 aromatic rings. The first-order valence-electron chi connectivity index (χ1n) is 9.44. The van der Waals surface area contributed by atoms with Crippen LogP contribution >= 0.6 is 0 Å². The Kier molecular flexibility index (Phi) is 4.80. The Hall–Kier alpha value is -3.98. The van der Waals surface area contributed by atoms with Crippen LogP contribution in [0.5, 0.6) is 0 Å². The first-order valence-corrected chi connectivity index (χ1v) is 9.44. The Bertz CT molecular complexity index is 1400. The highest BCUT2D eigenvalue weighted by Crippen LogP contribution is 2.30. The summed E-state index contributed by atoms with van der Waals surface area (Å²) in [6, 6.07) is 13.9. The summed E-state index contributed by atoms with van der Waals surface area (Å²) in [4.78, 5) is 12.0. The van der Waals surface area contributed by atoms with Gasteiger partial charge in [-0.2, -0.15) is 15.5 Å². The van der Waals surface area contributed by atoms with Gasteiger partial charge in [0.05, 0.1) is 34.6 Å². The molecule has 1 N–H and O–H groups in total. The van der Waals surface area contributed by atoms with Crippen molar-refractivity contribution in [3.8, 4) is 17.2 Å². The monoisotopic (exact) mass is 394 g/mol. The summed E-state index contributed by atoms with van der Waals surface area (Å²) < 4.78 is 1.74. The van der Waals surface area contributed by atoms with E-state index in [1.54, 1.807) is 16.9 Å². The summed E-state index contributed by atoms with van der Waals surface area (Å²) in [5, 5.41) is 21.8. The van der Waals surface area contributed by atoms with Crippen molar-refractivity contribution in [3.05, 3.63) is 88.0 Å². The second-order valence-corrected chi connectivity index (χ2v) is 7.37. The SMILES string of the molecule is [CH2]c1n[nH]c(=O)c2ccc(-c3cnn(C)c3C=C(C#N)c3cc(C)cc(C)c3)cc12. The largest absolute Gasteiger partial charge is 0.272 e. The number of allylic oxidation sites excluding steroid dienone is 1. The van der Waals surface area contributed by atoms with Gasteiger partial charge >= 0.3 is 0 Å². The fraction of sp³-hybridized carbons (Fsp3) is 0.125. The van der Waals surface area contributed by atoms with Gasteiger partial charge in [0, 0.05) is 18.0 Å². The van der Waals surface area contributed by atoms with Crippen molar-refractivity contribution >= 4 is 22.4 Å². The van der Waals surface area contributed by atoms with Crippen LogP contribution in [0.3, 0.4) is 0 Å². The second kappa shape index (κ2) is 7.45. The molecular weight excluding hydrogens is 374 g/mol. The summed E-state index contributed by atoms with van der Waals surface area (Å²) in [7, 11) is 1.84. The molecule has 2 heterocycles. The van der Waals surface area contributed by atoms with Gasteiger partial charge in [0.2, 0.25) is 0 Å². The molecule has 2 aromatic carbocycles. The molecule has 0 aliphatic carbocycles. The number of H-pyrrole nitrogens is 1. The minimum atomic E-state index is -0.253. The van der Waals surface area contributed by atoms with E-state index in [1.165, 1.54) is 0 Å². The predicted octanol–water partition coefficient (Wildman–Crippen LogP) is 4.19. The molecule has 0 aliphatic rings. The number of nitrogens with zero attached hydrogens (tertiary/aromatic N) is 4. The van der Waals surface area contributed by atoms with E-state index in [-0.39, 0.29) is 5.56 Å². The van der Waals surface area contributed by atoms with Crippen molar-refractivity contribution in [1.29, 1.82) is 5.26 Å². The number of hydrogen-bond acceptors (Lipinski definition) is 4. The third kappa shape index (κ3) is 3.42. The lowest BCUT2D eigenvalue weighted by Gasteiger charge is -2.07. The molecule has 0 saturated heterocycles. The second-order valence-electron chi connectivity index (χ2n) is 7.37. The third-order valence-corrected chi connectivity index (χ3v) is 5.10. The van der Waals surface area contributed by atoms with Gasteiger partial charge in [-0.15, -0.1) is 0 Å². The number of aromatic amines is 1. The Morgan fingerprint density at radius 2 is 1.90 bits per heavy atom. The summed E-state index contributed by atoms with van der Waals surface area (Å²) in [6.45, 7) is 7.95. The molecular formula is C24H20N5O. The number of rotatable bonds is 3. The number of fused-ring (bicyclic) bond motifs is 1. The molecule has 0 amide bonds. The van der Waals surface area contributed by atoms with Crippen LogP contribution in [0, 0.1) is 32.1 Å². The Balaban J connectivity index is 1.89. The minimum Gasteiger partial charge on any atom is -0.268 e. The molecule has 147 valence electrons. The van der Waals surface area contributed by atoms with Crippen molar-refractivity contribution in [3.63, 3.8) is 0 Å². The van der Waals surface area contributed by atoms with Crippen LogP contribution in [-0.2, 0) is 7.05 Å². The lowest BCUT2D eigenvalue weighted by Crippen LogP contribution is -2.09. The molecule has 0 unspecified atom stereocenters. The highest BCUT2D eigenvalue weighted by molar-refractivity contribution is 5.94. The van der Waals surface area contributed by atoms with Crippen LogP contribution in [0.15, 0.2) is 47.4 Å². The predicted molar refractivity (Wildman–Crippen MR) is 118 cm³/mol. The van der Waals surface area contributed by atoms with Crippen molar-refractivity contribution in [2.75, 3.05) is 0 Å². The van der Waals surface area contributed by atoms with Crippen molar-refractivity contribution in [2.45, 2.75) is 13.8 Å². The average Bonchev–Trinajstić information content (AvgIpc) is 3.08. The van der Waals surface area contributed by atoms with Crippen LogP contribution in [0.2, 0.25) is 0 Å². The molecule has 4 rings (SSSR count). The molecule has 0 atom stereocenters. The molecule has 6 nitrogen and oxygen atoms in total. The number of nitriles is 1. The topological polar surface area (TPSA) is 87.4 Å². The number of hydrogen-bond donors (Lipinski definition) is 1. The van der Waals surface area contributed by atoms with Gasteiger partial charge in [0.25, 0.3) is 5.56 Å². The molecule has 0 bridgehead atoms. The maximum absolute atomic E-state index is 12.0. The van der Waals surface area contributed by atoms with Crippen molar-refractivity contribution in [1.82, 2.24) is 20.0 Å². The molecule has 0 aliphatic heterocycles. The standard InChI is InChI=1S/C24H20N5O/c1-14-7-15(2)9-18(8-14)19(12-25)11-23-22(13-26-29(23)4)17-5-6-20-21(10-17)16(3)27-28-24(20)30/h5-11,13H,3H2,1-2,4H3,(H,28,30). The van der Waals surface area contributed by atoms with Gasteiger partial charge in [-0.25, -0.2) is 5.10 Å². The smallest absolute Gasteiger partial charge is 0.268 e. The Morgan fingerprint density at radius 1 is 1.17 bits per heavy atom. The summed E-state index contributed by atoms with van der Waals surface area (Å²) >= 11 is 0. The zero-order valence-electron chi connectivity index (χ0n) is 17.0. The van der Waals surface area contributed by atoms with E-state index < -0.39 is 0 Å². The van der Waals surface area contributed by atoms with Gasteiger partial charge in [0.15, 0.2) is 0 Å². The number of nitrogens with one attached hydrogen (secondary N) is 1. The van der Waals surface area contributed by atoms with Crippen LogP contribution in [0.25, 0.3) is 33.5 Å². The van der Waals surface area contributed by atoms with Gasteiger partial charge in [-0.05, 0) is 50.1 Å². The van der Waals surface area contributed by atoms with Crippen LogP contribution in [-0.4, -0.2) is 20.0 Å². The Morgan fingerprint density at radius 3 is 2.60 bits per heavy atom. The lowest BCUT2D eigenvalue weighted by atomic mass is 9.98. The molecule has 6 heteroatoms. The molecule has 1 radical (unpaired) electrons. The summed E-state index contributed by atoms with van der Waals surface area (Å²) in [6.07, 6.45) is 3.61. The van der Waals surface area contributed by atoms with E-state index in [9.17, 15) is 10.1 Å². The number of benzene rings is 2. The van der Waals surface area contributed by atoms with E-state index in [0.29, 0.717) is 22.0 Å². The minimum absolute atomic E-state index is 0.253. The maximum Gasteiger partial charge on any atom is 0.272 e. The molecule has 0 fully saturated rings. The molecule has 30 heavy (non-hydrogen) atoms. The van der Waals surface area contributed by atoms with Crippen LogP contribution in [0.1, 0.15) is 28.1 Å². The van der Waals surface area contributed by atoms with Gasteiger partial charge in [0.1, 0.15) is 0 Å². The van der Waals surface area contributed by atoms with E-state index in [0.717, 1.165) is 33.5 Å². The van der Waals surface area contributed by atoms with Crippen LogP contribution < -0.4 is 5.56 Å². The molecule has 0 spiro atoms. The van der Waals surface area contributed by atoms with Crippen LogP contribution in [0.4, 0.5) is 0 Å². The van der Waals surface area contributed by atoms with E-state index in [4.69, 9.17) is 0 Å². The highest BCUT2D eigenvalue weighted by Gasteiger charge is 2.13. The first-order chi connectivity index (χ1) is 14.4. The van der Waals surface area contributed by atoms with E-state index >= 15 is 0 Å². The summed E-state index contributed by atoms with van der Waals surface area (Å²) in [5.74, 6) is 0. The third-order valence-electron chi connectivity index (χ3n) is 5.10. The van der Waals surface area contributed by atoms with E-state index in [2.05, 4.69) is 34.4 Å². The summed E-state index contributed by atoms with van der Waals surface area (Å²) in [5.41, 5.74) is 6.41. The van der Waals surface area contributed by atoms with Crippen molar-refractivity contribution < 1.29 is 0 Å². The lowest BCUT2D eigenvalue weighted by molar-refractivity contribution is 0.760. The normalized spacial score (nSPS) is 11.6. The molecule has 0 saturated carbocycles. The quantitative estimate of drug-likeness (QED) is 0.528. The first kappa shape index (κ1) is 19.3. The number of aryl methyl sites for hydroxylation is 3. The molecule has 2 aromatic heterocycles. The van der Waals surface area contributed by atoms with E-state index in [1.807, 2.05) is 51.2 Å². The highest BCUT2D eigenvalue weighted by atomic mass is 16.1. The Labute approximate surface area is 174 Å².